The van der Waals surface area contributed by atoms with Gasteiger partial charge in [0.25, 0.3) is 0 Å². The van der Waals surface area contributed by atoms with Crippen LogP contribution in [0, 0.1) is 16.7 Å². The number of benzene rings is 1. The molecular formula is C36H49N5O8S. The fraction of sp³-hybridized carbons (Fsp3) is 0.639. The number of nitrogens with zero attached hydrogens (tertiary/aromatic N) is 3. The van der Waals surface area contributed by atoms with Crippen LogP contribution in [0.2, 0.25) is 0 Å². The first-order valence-corrected chi connectivity index (χ1v) is 19.2. The van der Waals surface area contributed by atoms with Crippen LogP contribution in [0.25, 0.3) is 0 Å². The fourth-order valence-electron chi connectivity index (χ4n) is 7.63. The van der Waals surface area contributed by atoms with E-state index < -0.39 is 79.9 Å². The number of Topliss-reactive ketones (excluding diaryl/α,β-unsaturated/α-hetero) is 1. The van der Waals surface area contributed by atoms with Gasteiger partial charge in [-0.15, -0.1) is 6.58 Å². The van der Waals surface area contributed by atoms with Gasteiger partial charge in [0.05, 0.1) is 23.3 Å². The largest absolute Gasteiger partial charge is 0.444 e. The van der Waals surface area contributed by atoms with Crippen molar-refractivity contribution in [3.8, 4) is 0 Å². The van der Waals surface area contributed by atoms with Crippen LogP contribution in [0.1, 0.15) is 82.4 Å². The molecule has 0 radical (unpaired) electrons. The number of carbonyl (C=O) groups is 5. The number of rotatable bonds is 7. The predicted octanol–water partition coefficient (Wildman–Crippen LogP) is 3.26. The number of hydrogen-bond donors (Lipinski definition) is 2. The molecule has 1 aromatic rings. The Morgan fingerprint density at radius 3 is 2.50 bits per heavy atom. The molecule has 1 saturated heterocycles. The molecule has 13 nitrogen and oxygen atoms in total. The second kappa shape index (κ2) is 13.3. The first kappa shape index (κ1) is 35.9. The SMILES string of the molecule is C=C[C@@H]1C[C@]1(CC(=O)[C@@H]1C[C@@H]2CN1C(=O)[C@H](C(C)(C)C)NC(=O)N(C)CCCCc1cccc3c1CN(C3)C(=O)O2)C(=O)NS(=O)(=O)C1CC1. The van der Waals surface area contributed by atoms with Gasteiger partial charge in [0.2, 0.25) is 21.8 Å². The van der Waals surface area contributed by atoms with Crippen LogP contribution >= 0.6 is 0 Å². The molecule has 3 aliphatic heterocycles. The number of amides is 5. The molecule has 3 heterocycles. The summed E-state index contributed by atoms with van der Waals surface area (Å²) in [5, 5.41) is 2.29. The lowest BCUT2D eigenvalue weighted by Gasteiger charge is -2.36. The van der Waals surface area contributed by atoms with E-state index in [0.717, 1.165) is 36.0 Å². The Morgan fingerprint density at radius 2 is 1.84 bits per heavy atom. The van der Waals surface area contributed by atoms with E-state index in [0.29, 0.717) is 32.5 Å². The number of aryl methyl sites for hydroxylation is 1. The zero-order valence-electron chi connectivity index (χ0n) is 29.4. The highest BCUT2D eigenvalue weighted by Gasteiger charge is 2.61. The van der Waals surface area contributed by atoms with Crippen molar-refractivity contribution in [3.05, 3.63) is 47.5 Å². The summed E-state index contributed by atoms with van der Waals surface area (Å²) in [7, 11) is -2.17. The van der Waals surface area contributed by atoms with Crippen molar-refractivity contribution in [1.82, 2.24) is 24.7 Å². The summed E-state index contributed by atoms with van der Waals surface area (Å²) >= 11 is 0. The Morgan fingerprint density at radius 1 is 1.12 bits per heavy atom. The predicted molar refractivity (Wildman–Crippen MR) is 184 cm³/mol. The zero-order chi connectivity index (χ0) is 36.2. The summed E-state index contributed by atoms with van der Waals surface area (Å²) in [6.45, 7) is 10.4. The number of carbonyl (C=O) groups excluding carboxylic acids is 5. The summed E-state index contributed by atoms with van der Waals surface area (Å²) in [5.74, 6) is -2.10. The second-order valence-corrected chi connectivity index (χ2v) is 17.8. The number of allylic oxidation sites excluding steroid dienone is 1. The molecular weight excluding hydrogens is 662 g/mol. The molecule has 3 fully saturated rings. The van der Waals surface area contributed by atoms with Gasteiger partial charge in [-0.25, -0.2) is 18.0 Å². The van der Waals surface area contributed by atoms with Gasteiger partial charge in [0.15, 0.2) is 5.78 Å². The van der Waals surface area contributed by atoms with Crippen molar-refractivity contribution in [2.45, 2.75) is 109 Å². The maximum atomic E-state index is 14.4. The third kappa shape index (κ3) is 7.13. The van der Waals surface area contributed by atoms with Crippen molar-refractivity contribution < 1.29 is 37.1 Å². The average Bonchev–Trinajstić information content (AvgIpc) is 3.94. The van der Waals surface area contributed by atoms with Crippen LogP contribution in [0.3, 0.4) is 0 Å². The molecule has 14 heteroatoms. The monoisotopic (exact) mass is 711 g/mol. The number of hydrogen-bond acceptors (Lipinski definition) is 8. The molecule has 0 aromatic heterocycles. The van der Waals surface area contributed by atoms with E-state index >= 15 is 0 Å². The summed E-state index contributed by atoms with van der Waals surface area (Å²) in [4.78, 5) is 73.7. The Labute approximate surface area is 294 Å². The summed E-state index contributed by atoms with van der Waals surface area (Å²) < 4.78 is 33.5. The van der Waals surface area contributed by atoms with Crippen LogP contribution < -0.4 is 10.0 Å². The highest BCUT2D eigenvalue weighted by Crippen LogP contribution is 2.57. The molecule has 50 heavy (non-hydrogen) atoms. The Balaban J connectivity index is 1.29. The third-order valence-electron chi connectivity index (χ3n) is 11.0. The van der Waals surface area contributed by atoms with Crippen LogP contribution in [0.5, 0.6) is 0 Å². The summed E-state index contributed by atoms with van der Waals surface area (Å²) in [5.41, 5.74) is 1.23. The van der Waals surface area contributed by atoms with Gasteiger partial charge in [0.1, 0.15) is 12.1 Å². The van der Waals surface area contributed by atoms with Crippen LogP contribution in [-0.2, 0) is 48.7 Å². The number of fused-ring (bicyclic) bond motifs is 3. The minimum absolute atomic E-state index is 0.00386. The van der Waals surface area contributed by atoms with Gasteiger partial charge in [-0.3, -0.25) is 24.0 Å². The molecule has 4 bridgehead atoms. The molecule has 0 unspecified atom stereocenters. The van der Waals surface area contributed by atoms with E-state index in [4.69, 9.17) is 4.74 Å². The minimum atomic E-state index is -3.86. The smallest absolute Gasteiger partial charge is 0.410 e. The van der Waals surface area contributed by atoms with E-state index in [-0.39, 0.29) is 25.8 Å². The van der Waals surface area contributed by atoms with Crippen molar-refractivity contribution >= 4 is 39.7 Å². The van der Waals surface area contributed by atoms with Crippen molar-refractivity contribution in [2.24, 2.45) is 16.7 Å². The number of ether oxygens (including phenoxy) is 1. The molecule has 0 spiro atoms. The molecule has 5 amide bonds. The van der Waals surface area contributed by atoms with E-state index in [2.05, 4.69) is 22.7 Å². The molecule has 5 aliphatic rings. The molecule has 1 aromatic carbocycles. The van der Waals surface area contributed by atoms with Crippen LogP contribution in [0.4, 0.5) is 9.59 Å². The Bertz CT molecular complexity index is 1700. The third-order valence-corrected chi connectivity index (χ3v) is 12.8. The minimum Gasteiger partial charge on any atom is -0.444 e. The highest BCUT2D eigenvalue weighted by molar-refractivity contribution is 7.90. The Kier molecular flexibility index (Phi) is 9.55. The number of nitrogens with one attached hydrogen (secondary N) is 2. The zero-order valence-corrected chi connectivity index (χ0v) is 30.2. The van der Waals surface area contributed by atoms with Crippen molar-refractivity contribution in [2.75, 3.05) is 20.1 Å². The number of sulfonamides is 1. The van der Waals surface area contributed by atoms with E-state index in [1.54, 1.807) is 22.9 Å². The molecule has 6 rings (SSSR count). The maximum absolute atomic E-state index is 14.4. The number of ketones is 1. The van der Waals surface area contributed by atoms with E-state index in [1.165, 1.54) is 4.90 Å². The normalized spacial score (nSPS) is 29.1. The second-order valence-electron chi connectivity index (χ2n) is 15.8. The maximum Gasteiger partial charge on any atom is 0.410 e. The number of urea groups is 1. The van der Waals surface area contributed by atoms with Crippen molar-refractivity contribution in [3.63, 3.8) is 0 Å². The van der Waals surface area contributed by atoms with Crippen LogP contribution in [-0.4, -0.2) is 96.4 Å². The lowest BCUT2D eigenvalue weighted by atomic mass is 9.85. The molecule has 272 valence electrons. The van der Waals surface area contributed by atoms with Gasteiger partial charge in [0, 0.05) is 39.5 Å². The van der Waals surface area contributed by atoms with E-state index in [9.17, 15) is 32.4 Å². The van der Waals surface area contributed by atoms with Crippen molar-refractivity contribution in [1.29, 1.82) is 0 Å². The molecule has 2 aliphatic carbocycles. The Hall–Kier alpha value is -3.94. The topological polar surface area (TPSA) is 162 Å². The fourth-order valence-corrected chi connectivity index (χ4v) is 9.01. The lowest BCUT2D eigenvalue weighted by molar-refractivity contribution is -0.142. The lowest BCUT2D eigenvalue weighted by Crippen LogP contribution is -2.58. The molecule has 2 saturated carbocycles. The van der Waals surface area contributed by atoms with E-state index in [1.807, 2.05) is 32.9 Å². The molecule has 2 N–H and O–H groups in total. The quantitative estimate of drug-likeness (QED) is 0.408. The van der Waals surface area contributed by atoms with Gasteiger partial charge in [-0.2, -0.15) is 0 Å². The standard InChI is InChI=1S/C36H49N5O8S/c1-6-24-17-36(24,32(44)38-50(47,48)26-13-14-26)18-29(42)28-16-25-20-41(28)31(43)30(35(2,3)4)37-33(45)39(5)15-8-7-10-22-11-9-12-23-19-40(21-27(22)23)34(46)49-25/h6,9,11-12,24-26,28,30H,1,7-8,10,13-21H2,2-5H3,(H,37,45)(H,38,44)/t24-,25-,28+,30-,36-/m1/s1. The van der Waals surface area contributed by atoms with Gasteiger partial charge in [-0.1, -0.05) is 45.0 Å². The van der Waals surface area contributed by atoms with Gasteiger partial charge < -0.3 is 19.9 Å². The summed E-state index contributed by atoms with van der Waals surface area (Å²) in [6.07, 6.45) is 3.44. The first-order valence-electron chi connectivity index (χ1n) is 17.6. The molecule has 5 atom stereocenters. The average molecular weight is 712 g/mol. The summed E-state index contributed by atoms with van der Waals surface area (Å²) in [6, 6.07) is 3.55. The van der Waals surface area contributed by atoms with Gasteiger partial charge in [-0.05, 0) is 66.5 Å². The highest BCUT2D eigenvalue weighted by atomic mass is 32.2. The first-order chi connectivity index (χ1) is 23.5. The van der Waals surface area contributed by atoms with Gasteiger partial charge >= 0.3 is 12.1 Å². The van der Waals surface area contributed by atoms with Crippen LogP contribution in [0.15, 0.2) is 30.9 Å².